The molecule has 0 radical (unpaired) electrons. The number of hydrogen-bond acceptors (Lipinski definition) is 0. The van der Waals surface area contributed by atoms with Gasteiger partial charge in [-0.3, -0.25) is 0 Å². The molecule has 0 saturated carbocycles. The highest BCUT2D eigenvalue weighted by molar-refractivity contribution is 6.90. The fraction of sp³-hybridized carbons (Fsp3) is 0.357. The third-order valence-corrected chi connectivity index (χ3v) is 6.77. The van der Waals surface area contributed by atoms with Crippen LogP contribution < -0.4 is 0 Å². The highest BCUT2D eigenvalue weighted by Crippen LogP contribution is 2.30. The quantitative estimate of drug-likeness (QED) is 0.172. The topological polar surface area (TPSA) is 0 Å². The fourth-order valence-corrected chi connectivity index (χ4v) is 4.94. The molecular weight excluding hydrogens is 364 g/mol. The summed E-state index contributed by atoms with van der Waals surface area (Å²) in [6.07, 6.45) is 9.76. The monoisotopic (exact) mass is 400 g/mol. The Hall–Kier alpha value is -2.30. The molecule has 1 heteroatoms. The summed E-state index contributed by atoms with van der Waals surface area (Å²) >= 11 is 0. The predicted octanol–water partition coefficient (Wildman–Crippen LogP) is 8.22. The minimum atomic E-state index is -1.85. The largest absolute Gasteiger partial charge is 0.156 e. The summed E-state index contributed by atoms with van der Waals surface area (Å²) in [4.78, 5) is 0. The Labute approximate surface area is 179 Å². The molecule has 0 heterocycles. The van der Waals surface area contributed by atoms with E-state index in [9.17, 15) is 0 Å². The van der Waals surface area contributed by atoms with Gasteiger partial charge in [0.15, 0.2) is 8.07 Å². The molecule has 2 aromatic rings. The van der Waals surface area contributed by atoms with E-state index in [4.69, 9.17) is 0 Å². The van der Waals surface area contributed by atoms with Gasteiger partial charge in [-0.05, 0) is 48.1 Å². The SMILES string of the molecule is CCCC/C=C(CCCC)/C(=C/[Si](C)(C)C#Cc1ccccc1)c1ccccc1. The molecule has 0 spiro atoms. The Morgan fingerprint density at radius 3 is 2.10 bits per heavy atom. The molecule has 0 saturated heterocycles. The lowest BCUT2D eigenvalue weighted by Gasteiger charge is -2.18. The van der Waals surface area contributed by atoms with E-state index in [0.29, 0.717) is 0 Å². The van der Waals surface area contributed by atoms with Gasteiger partial charge in [-0.15, -0.1) is 5.54 Å². The molecule has 0 unspecified atom stereocenters. The van der Waals surface area contributed by atoms with E-state index < -0.39 is 8.07 Å². The second kappa shape index (κ2) is 12.3. The van der Waals surface area contributed by atoms with Crippen LogP contribution in [0.5, 0.6) is 0 Å². The van der Waals surface area contributed by atoms with Gasteiger partial charge in [0, 0.05) is 5.56 Å². The summed E-state index contributed by atoms with van der Waals surface area (Å²) < 4.78 is 0. The molecule has 0 N–H and O–H groups in total. The third-order valence-electron chi connectivity index (χ3n) is 4.99. The van der Waals surface area contributed by atoms with Gasteiger partial charge in [-0.1, -0.05) is 112 Å². The van der Waals surface area contributed by atoms with E-state index >= 15 is 0 Å². The smallest absolute Gasteiger partial charge is 0.121 e. The van der Waals surface area contributed by atoms with Crippen LogP contribution in [0.4, 0.5) is 0 Å². The van der Waals surface area contributed by atoms with Crippen molar-refractivity contribution in [2.75, 3.05) is 0 Å². The van der Waals surface area contributed by atoms with Crippen LogP contribution in [0.1, 0.15) is 63.5 Å². The van der Waals surface area contributed by atoms with Crippen LogP contribution >= 0.6 is 0 Å². The van der Waals surface area contributed by atoms with Gasteiger partial charge in [0.05, 0.1) is 0 Å². The van der Waals surface area contributed by atoms with E-state index in [2.05, 4.69) is 105 Å². The Kier molecular flexibility index (Phi) is 9.75. The van der Waals surface area contributed by atoms with Crippen LogP contribution in [0.25, 0.3) is 5.57 Å². The summed E-state index contributed by atoms with van der Waals surface area (Å²) in [5.74, 6) is 3.42. The fourth-order valence-electron chi connectivity index (χ4n) is 3.33. The first-order chi connectivity index (χ1) is 14.1. The van der Waals surface area contributed by atoms with Crippen molar-refractivity contribution in [1.29, 1.82) is 0 Å². The Morgan fingerprint density at radius 1 is 0.862 bits per heavy atom. The van der Waals surface area contributed by atoms with Gasteiger partial charge in [0.1, 0.15) is 0 Å². The highest BCUT2D eigenvalue weighted by Gasteiger charge is 2.18. The Morgan fingerprint density at radius 2 is 1.48 bits per heavy atom. The zero-order valence-electron chi connectivity index (χ0n) is 18.7. The molecular formula is C28H36Si. The molecule has 0 aliphatic rings. The van der Waals surface area contributed by atoms with Crippen LogP contribution in [0.3, 0.4) is 0 Å². The predicted molar refractivity (Wildman–Crippen MR) is 132 cm³/mol. The lowest BCUT2D eigenvalue weighted by atomic mass is 9.94. The first-order valence-corrected chi connectivity index (χ1v) is 14.2. The van der Waals surface area contributed by atoms with Gasteiger partial charge >= 0.3 is 0 Å². The molecule has 0 amide bonds. The third kappa shape index (κ3) is 8.30. The zero-order valence-corrected chi connectivity index (χ0v) is 19.7. The maximum absolute atomic E-state index is 3.64. The first-order valence-electron chi connectivity index (χ1n) is 11.1. The summed E-state index contributed by atoms with van der Waals surface area (Å²) in [6.45, 7) is 9.26. The summed E-state index contributed by atoms with van der Waals surface area (Å²) in [7, 11) is -1.85. The standard InChI is InChI=1S/C28H36Si/c1-5-7-11-19-26(18-8-6-2)28(27-20-14-10-15-21-27)24-29(3,4)23-22-25-16-12-9-13-17-25/h9-10,12-17,19-21,24H,5-8,11,18H2,1-4H3/b26-19+,28-24-. The average Bonchev–Trinajstić information content (AvgIpc) is 2.75. The van der Waals surface area contributed by atoms with E-state index in [0.717, 1.165) is 18.4 Å². The van der Waals surface area contributed by atoms with Crippen molar-refractivity contribution in [3.8, 4) is 11.5 Å². The molecule has 2 rings (SSSR count). The van der Waals surface area contributed by atoms with Crippen molar-refractivity contribution >= 4 is 13.6 Å². The van der Waals surface area contributed by atoms with Crippen molar-refractivity contribution in [3.05, 3.63) is 89.1 Å². The zero-order chi connectivity index (χ0) is 21.0. The second-order valence-corrected chi connectivity index (χ2v) is 12.2. The number of unbranched alkanes of at least 4 members (excludes halogenated alkanes) is 3. The lowest BCUT2D eigenvalue weighted by Crippen LogP contribution is -2.21. The van der Waals surface area contributed by atoms with Gasteiger partial charge in [-0.25, -0.2) is 0 Å². The average molecular weight is 401 g/mol. The molecule has 0 atom stereocenters. The molecule has 0 aliphatic heterocycles. The van der Waals surface area contributed by atoms with Crippen molar-refractivity contribution in [1.82, 2.24) is 0 Å². The Balaban J connectivity index is 2.45. The van der Waals surface area contributed by atoms with Crippen molar-refractivity contribution in [3.63, 3.8) is 0 Å². The van der Waals surface area contributed by atoms with Gasteiger partial charge < -0.3 is 0 Å². The summed E-state index contributed by atoms with van der Waals surface area (Å²) in [5, 5.41) is 0. The van der Waals surface area contributed by atoms with Gasteiger partial charge in [0.2, 0.25) is 0 Å². The number of benzene rings is 2. The van der Waals surface area contributed by atoms with Crippen molar-refractivity contribution in [2.45, 2.75) is 65.5 Å². The van der Waals surface area contributed by atoms with Crippen molar-refractivity contribution in [2.24, 2.45) is 0 Å². The lowest BCUT2D eigenvalue weighted by molar-refractivity contribution is 0.780. The molecule has 2 aromatic carbocycles. The molecule has 0 fully saturated rings. The molecule has 0 bridgehead atoms. The number of allylic oxidation sites excluding steroid dienone is 3. The first kappa shape index (κ1) is 23.0. The van der Waals surface area contributed by atoms with Crippen LogP contribution in [0, 0.1) is 11.5 Å². The maximum atomic E-state index is 3.64. The van der Waals surface area contributed by atoms with Gasteiger partial charge in [0.25, 0.3) is 0 Å². The summed E-state index contributed by atoms with van der Waals surface area (Å²) in [6, 6.07) is 21.3. The summed E-state index contributed by atoms with van der Waals surface area (Å²) in [5.41, 5.74) is 11.5. The molecule has 0 aromatic heterocycles. The van der Waals surface area contributed by atoms with Gasteiger partial charge in [-0.2, -0.15) is 0 Å². The molecule has 0 aliphatic carbocycles. The minimum Gasteiger partial charge on any atom is -0.121 e. The maximum Gasteiger partial charge on any atom is 0.156 e. The Bertz CT molecular complexity index is 845. The second-order valence-electron chi connectivity index (χ2n) is 8.24. The van der Waals surface area contributed by atoms with E-state index in [1.54, 1.807) is 0 Å². The number of rotatable bonds is 9. The van der Waals surface area contributed by atoms with Crippen LogP contribution in [-0.4, -0.2) is 8.07 Å². The van der Waals surface area contributed by atoms with Crippen LogP contribution in [0.2, 0.25) is 13.1 Å². The minimum absolute atomic E-state index is 1.10. The molecule has 29 heavy (non-hydrogen) atoms. The van der Waals surface area contributed by atoms with Crippen molar-refractivity contribution < 1.29 is 0 Å². The van der Waals surface area contributed by atoms with E-state index in [1.807, 2.05) is 6.07 Å². The normalized spacial score (nSPS) is 12.4. The van der Waals surface area contributed by atoms with Crippen LogP contribution in [-0.2, 0) is 0 Å². The molecule has 152 valence electrons. The number of hydrogen-bond donors (Lipinski definition) is 0. The molecule has 0 nitrogen and oxygen atoms in total. The van der Waals surface area contributed by atoms with E-state index in [-0.39, 0.29) is 0 Å². The van der Waals surface area contributed by atoms with Crippen LogP contribution in [0.15, 0.2) is 78.0 Å². The van der Waals surface area contributed by atoms with E-state index in [1.165, 1.54) is 42.4 Å². The highest BCUT2D eigenvalue weighted by atomic mass is 28.3.